The summed E-state index contributed by atoms with van der Waals surface area (Å²) in [7, 11) is -1.85. The van der Waals surface area contributed by atoms with Gasteiger partial charge in [0.05, 0.1) is 13.2 Å². The number of methoxy groups -OCH3 is 1. The SMILES string of the molecule is COCCOCCCCNS(=O)(=O)c1c(C)csc1CN. The summed E-state index contributed by atoms with van der Waals surface area (Å²) in [6.07, 6.45) is 1.53. The molecule has 0 aliphatic rings. The van der Waals surface area contributed by atoms with Crippen molar-refractivity contribution in [3.05, 3.63) is 15.8 Å². The van der Waals surface area contributed by atoms with Crippen molar-refractivity contribution in [2.24, 2.45) is 5.73 Å². The fourth-order valence-electron chi connectivity index (χ4n) is 1.84. The third-order valence-electron chi connectivity index (χ3n) is 2.88. The molecule has 0 fully saturated rings. The Morgan fingerprint density at radius 3 is 2.71 bits per heavy atom. The average Bonchev–Trinajstić information content (AvgIpc) is 2.83. The van der Waals surface area contributed by atoms with Gasteiger partial charge in [0, 0.05) is 31.7 Å². The summed E-state index contributed by atoms with van der Waals surface area (Å²) in [6.45, 7) is 4.17. The smallest absolute Gasteiger partial charge is 0.241 e. The average molecular weight is 336 g/mol. The van der Waals surface area contributed by atoms with E-state index < -0.39 is 10.0 Å². The Kier molecular flexibility index (Phi) is 8.38. The molecule has 0 aliphatic carbocycles. The lowest BCUT2D eigenvalue weighted by atomic mass is 10.3. The number of rotatable bonds is 11. The van der Waals surface area contributed by atoms with Crippen molar-refractivity contribution in [2.45, 2.75) is 31.2 Å². The number of hydrogen-bond acceptors (Lipinski definition) is 6. The van der Waals surface area contributed by atoms with Gasteiger partial charge in [-0.2, -0.15) is 0 Å². The summed E-state index contributed by atoms with van der Waals surface area (Å²) in [5.41, 5.74) is 6.33. The normalized spacial score (nSPS) is 12.0. The number of nitrogens with one attached hydrogen (secondary N) is 1. The number of unbranched alkanes of at least 4 members (excludes halogenated alkanes) is 1. The topological polar surface area (TPSA) is 90.6 Å². The summed E-state index contributed by atoms with van der Waals surface area (Å²) >= 11 is 1.38. The van der Waals surface area contributed by atoms with E-state index in [2.05, 4.69) is 4.72 Å². The van der Waals surface area contributed by atoms with Crippen LogP contribution in [-0.4, -0.2) is 41.9 Å². The Bertz CT molecular complexity index is 514. The molecule has 21 heavy (non-hydrogen) atoms. The molecule has 0 saturated heterocycles. The van der Waals surface area contributed by atoms with Gasteiger partial charge in [-0.15, -0.1) is 11.3 Å². The molecule has 0 aromatic carbocycles. The minimum Gasteiger partial charge on any atom is -0.382 e. The lowest BCUT2D eigenvalue weighted by molar-refractivity contribution is 0.0689. The van der Waals surface area contributed by atoms with E-state index >= 15 is 0 Å². The Morgan fingerprint density at radius 1 is 1.29 bits per heavy atom. The number of nitrogens with two attached hydrogens (primary N) is 1. The van der Waals surface area contributed by atoms with E-state index in [1.807, 2.05) is 5.38 Å². The zero-order valence-electron chi connectivity index (χ0n) is 12.6. The molecule has 6 nitrogen and oxygen atoms in total. The first kappa shape index (κ1) is 18.5. The summed E-state index contributed by atoms with van der Waals surface area (Å²) in [4.78, 5) is 1.04. The molecule has 8 heteroatoms. The van der Waals surface area contributed by atoms with Crippen molar-refractivity contribution >= 4 is 21.4 Å². The molecule has 0 amide bonds. The highest BCUT2D eigenvalue weighted by molar-refractivity contribution is 7.89. The van der Waals surface area contributed by atoms with E-state index in [1.54, 1.807) is 14.0 Å². The van der Waals surface area contributed by atoms with Crippen LogP contribution in [0.25, 0.3) is 0 Å². The highest BCUT2D eigenvalue weighted by Crippen LogP contribution is 2.26. The van der Waals surface area contributed by atoms with Gasteiger partial charge in [-0.25, -0.2) is 13.1 Å². The summed E-state index contributed by atoms with van der Waals surface area (Å²) < 4.78 is 37.3. The Labute approximate surface area is 130 Å². The molecule has 0 spiro atoms. The molecule has 1 aromatic heterocycles. The van der Waals surface area contributed by atoms with E-state index in [9.17, 15) is 8.42 Å². The first-order chi connectivity index (χ1) is 10.0. The van der Waals surface area contributed by atoms with Gasteiger partial charge in [-0.05, 0) is 30.7 Å². The minimum absolute atomic E-state index is 0.238. The van der Waals surface area contributed by atoms with Gasteiger partial charge in [0.25, 0.3) is 0 Å². The fraction of sp³-hybridized carbons (Fsp3) is 0.692. The third kappa shape index (κ3) is 6.01. The van der Waals surface area contributed by atoms with Crippen molar-refractivity contribution in [2.75, 3.05) is 33.5 Å². The van der Waals surface area contributed by atoms with Gasteiger partial charge in [0.2, 0.25) is 10.0 Å². The highest BCUT2D eigenvalue weighted by Gasteiger charge is 2.21. The molecule has 0 radical (unpaired) electrons. The van der Waals surface area contributed by atoms with Crippen LogP contribution in [0.15, 0.2) is 10.3 Å². The number of ether oxygens (including phenoxy) is 2. The highest BCUT2D eigenvalue weighted by atomic mass is 32.2. The molecule has 0 unspecified atom stereocenters. The number of sulfonamides is 1. The van der Waals surface area contributed by atoms with Gasteiger partial charge in [-0.1, -0.05) is 0 Å². The molecule has 1 rings (SSSR count). The maximum Gasteiger partial charge on any atom is 0.241 e. The second kappa shape index (κ2) is 9.50. The maximum absolute atomic E-state index is 12.3. The molecule has 0 saturated carbocycles. The van der Waals surface area contributed by atoms with Crippen LogP contribution in [0.5, 0.6) is 0 Å². The lowest BCUT2D eigenvalue weighted by Gasteiger charge is -2.08. The van der Waals surface area contributed by atoms with Gasteiger partial charge in [-0.3, -0.25) is 0 Å². The van der Waals surface area contributed by atoms with Crippen LogP contribution in [0.3, 0.4) is 0 Å². The van der Waals surface area contributed by atoms with Crippen LogP contribution in [-0.2, 0) is 26.0 Å². The monoisotopic (exact) mass is 336 g/mol. The van der Waals surface area contributed by atoms with Crippen LogP contribution in [0.4, 0.5) is 0 Å². The predicted molar refractivity (Wildman–Crippen MR) is 84.1 cm³/mol. The van der Waals surface area contributed by atoms with Crippen LogP contribution in [0.1, 0.15) is 23.3 Å². The molecule has 122 valence electrons. The quantitative estimate of drug-likeness (QED) is 0.593. The third-order valence-corrected chi connectivity index (χ3v) is 5.83. The van der Waals surface area contributed by atoms with Crippen LogP contribution >= 0.6 is 11.3 Å². The molecule has 0 aliphatic heterocycles. The summed E-state index contributed by atoms with van der Waals surface area (Å²) in [6, 6.07) is 0. The van der Waals surface area contributed by atoms with Crippen LogP contribution in [0, 0.1) is 6.92 Å². The van der Waals surface area contributed by atoms with Crippen molar-refractivity contribution in [3.63, 3.8) is 0 Å². The molecular formula is C13H24N2O4S2. The molecule has 0 atom stereocenters. The second-order valence-corrected chi connectivity index (χ2v) is 7.25. The fourth-order valence-corrected chi connectivity index (χ4v) is 4.61. The van der Waals surface area contributed by atoms with E-state index in [4.69, 9.17) is 15.2 Å². The molecule has 0 bridgehead atoms. The lowest BCUT2D eigenvalue weighted by Crippen LogP contribution is -2.26. The first-order valence-corrected chi connectivity index (χ1v) is 9.22. The number of aryl methyl sites for hydroxylation is 1. The van der Waals surface area contributed by atoms with Gasteiger partial charge >= 0.3 is 0 Å². The van der Waals surface area contributed by atoms with E-state index in [1.165, 1.54) is 11.3 Å². The molecular weight excluding hydrogens is 312 g/mol. The van der Waals surface area contributed by atoms with Gasteiger partial charge in [0.15, 0.2) is 0 Å². The van der Waals surface area contributed by atoms with E-state index in [-0.39, 0.29) is 6.54 Å². The zero-order chi connectivity index (χ0) is 15.7. The predicted octanol–water partition coefficient (Wildman–Crippen LogP) is 1.24. The van der Waals surface area contributed by atoms with Crippen molar-refractivity contribution < 1.29 is 17.9 Å². The number of hydrogen-bond donors (Lipinski definition) is 2. The van der Waals surface area contributed by atoms with Crippen LogP contribution < -0.4 is 10.5 Å². The van der Waals surface area contributed by atoms with Crippen molar-refractivity contribution in [3.8, 4) is 0 Å². The Morgan fingerprint density at radius 2 is 2.05 bits per heavy atom. The van der Waals surface area contributed by atoms with E-state index in [0.29, 0.717) is 36.1 Å². The summed E-state index contributed by atoms with van der Waals surface area (Å²) in [5.74, 6) is 0. The maximum atomic E-state index is 12.3. The minimum atomic E-state index is -3.47. The van der Waals surface area contributed by atoms with Crippen LogP contribution in [0.2, 0.25) is 0 Å². The summed E-state index contributed by atoms with van der Waals surface area (Å²) in [5, 5.41) is 1.82. The zero-order valence-corrected chi connectivity index (χ0v) is 14.2. The Balaban J connectivity index is 2.35. The van der Waals surface area contributed by atoms with Gasteiger partial charge in [0.1, 0.15) is 4.90 Å². The second-order valence-electron chi connectivity index (χ2n) is 4.59. The Hall–Kier alpha value is -0.510. The number of thiophene rings is 1. The molecule has 1 aromatic rings. The molecule has 3 N–H and O–H groups in total. The van der Waals surface area contributed by atoms with E-state index in [0.717, 1.165) is 18.4 Å². The molecule has 1 heterocycles. The standard InChI is InChI=1S/C13H24N2O4S2/c1-11-10-20-12(9-14)13(11)21(16,17)15-5-3-4-6-19-8-7-18-2/h10,15H,3-9,14H2,1-2H3. The largest absolute Gasteiger partial charge is 0.382 e. The van der Waals surface area contributed by atoms with Crippen molar-refractivity contribution in [1.29, 1.82) is 0 Å². The first-order valence-electron chi connectivity index (χ1n) is 6.86. The van der Waals surface area contributed by atoms with Gasteiger partial charge < -0.3 is 15.2 Å². The van der Waals surface area contributed by atoms with Crippen molar-refractivity contribution in [1.82, 2.24) is 4.72 Å².